The van der Waals surface area contributed by atoms with Gasteiger partial charge in [0.25, 0.3) is 0 Å². The smallest absolute Gasteiger partial charge is 0.345 e. The minimum absolute atomic E-state index is 0.193. The van der Waals surface area contributed by atoms with E-state index in [2.05, 4.69) is 4.99 Å². The van der Waals surface area contributed by atoms with E-state index in [-0.39, 0.29) is 13.0 Å². The Bertz CT molecular complexity index is 278. The Hall–Kier alpha value is -1.47. The minimum Gasteiger partial charge on any atom is -0.480 e. The Morgan fingerprint density at radius 1 is 1.86 bits per heavy atom. The van der Waals surface area contributed by atoms with Gasteiger partial charge >= 0.3 is 12.0 Å². The van der Waals surface area contributed by atoms with Gasteiger partial charge in [-0.05, 0) is 0 Å². The first-order valence-corrected chi connectivity index (χ1v) is 4.02. The van der Waals surface area contributed by atoms with Crippen molar-refractivity contribution in [1.29, 1.82) is 0 Å². The molecule has 1 aliphatic heterocycles. The molecule has 0 saturated heterocycles. The number of amides is 2. The molecule has 0 spiro atoms. The molecule has 14 heavy (non-hydrogen) atoms. The lowest BCUT2D eigenvalue weighted by Gasteiger charge is -2.28. The molecule has 1 aliphatic rings. The van der Waals surface area contributed by atoms with E-state index in [1.807, 2.05) is 0 Å². The van der Waals surface area contributed by atoms with Crippen LogP contribution < -0.4 is 5.73 Å². The normalized spacial score (nSPS) is 23.7. The molecular weight excluding hydrogens is 190 g/mol. The first-order chi connectivity index (χ1) is 6.52. The van der Waals surface area contributed by atoms with Crippen LogP contribution in [0.1, 0.15) is 6.42 Å². The summed E-state index contributed by atoms with van der Waals surface area (Å²) in [5.74, 6) is -1.22. The molecule has 0 radical (unpaired) electrons. The molecule has 1 heterocycles. The summed E-state index contributed by atoms with van der Waals surface area (Å²) >= 11 is 0. The van der Waals surface area contributed by atoms with Gasteiger partial charge in [-0.15, -0.1) is 0 Å². The number of carboxylic acids is 1. The molecule has 7 heteroatoms. The second kappa shape index (κ2) is 4.16. The monoisotopic (exact) mass is 201 g/mol. The van der Waals surface area contributed by atoms with Crippen LogP contribution in [0.15, 0.2) is 4.99 Å². The fraction of sp³-hybridized carbons (Fsp3) is 0.571. The van der Waals surface area contributed by atoms with Crippen LogP contribution in [0.3, 0.4) is 0 Å². The molecule has 0 fully saturated rings. The Balaban J connectivity index is 2.62. The third-order valence-corrected chi connectivity index (χ3v) is 1.83. The van der Waals surface area contributed by atoms with Crippen LogP contribution in [0.4, 0.5) is 4.79 Å². The van der Waals surface area contributed by atoms with E-state index >= 15 is 0 Å². The maximum Gasteiger partial charge on any atom is 0.345 e. The number of aliphatic imine (C=N–C) groups is 1. The summed E-state index contributed by atoms with van der Waals surface area (Å²) in [6.45, 7) is -0.243. The fourth-order valence-electron chi connectivity index (χ4n) is 1.04. The second-order valence-corrected chi connectivity index (χ2v) is 2.91. The summed E-state index contributed by atoms with van der Waals surface area (Å²) in [6.07, 6.45) is 0.443. The van der Waals surface area contributed by atoms with Crippen LogP contribution in [0, 0.1) is 0 Å². The number of rotatable bonds is 3. The number of carbonyl (C=O) groups excluding carboxylic acids is 1. The lowest BCUT2D eigenvalue weighted by molar-refractivity contribution is -0.139. The van der Waals surface area contributed by atoms with E-state index in [1.54, 1.807) is 0 Å². The molecule has 2 amide bonds. The minimum atomic E-state index is -1.22. The van der Waals surface area contributed by atoms with Crippen LogP contribution >= 0.6 is 0 Å². The maximum absolute atomic E-state index is 11.1. The van der Waals surface area contributed by atoms with Gasteiger partial charge in [-0.2, -0.15) is 0 Å². The first kappa shape index (κ1) is 10.6. The van der Waals surface area contributed by atoms with Gasteiger partial charge in [-0.25, -0.2) is 9.79 Å². The van der Waals surface area contributed by atoms with Gasteiger partial charge in [0.1, 0.15) is 12.3 Å². The van der Waals surface area contributed by atoms with Crippen molar-refractivity contribution in [3.63, 3.8) is 0 Å². The summed E-state index contributed by atoms with van der Waals surface area (Å²) in [5, 5.41) is 17.8. The van der Waals surface area contributed by atoms with Crippen LogP contribution in [0.5, 0.6) is 0 Å². The number of carbonyl (C=O) groups is 2. The molecule has 0 aliphatic carbocycles. The van der Waals surface area contributed by atoms with Gasteiger partial charge in [0, 0.05) is 12.6 Å². The number of nitrogens with zero attached hydrogens (tertiary/aromatic N) is 2. The van der Waals surface area contributed by atoms with Gasteiger partial charge in [0.15, 0.2) is 0 Å². The molecule has 7 nitrogen and oxygen atoms in total. The zero-order valence-electron chi connectivity index (χ0n) is 7.33. The Morgan fingerprint density at radius 2 is 2.50 bits per heavy atom. The summed E-state index contributed by atoms with van der Waals surface area (Å²) in [5.41, 5.74) is 5.22. The number of aliphatic hydroxyl groups excluding tert-OH is 1. The highest BCUT2D eigenvalue weighted by Crippen LogP contribution is 2.08. The third-order valence-electron chi connectivity index (χ3n) is 1.83. The molecule has 0 bridgehead atoms. The molecule has 1 unspecified atom stereocenters. The van der Waals surface area contributed by atoms with Gasteiger partial charge < -0.3 is 15.9 Å². The fourth-order valence-corrected chi connectivity index (χ4v) is 1.04. The van der Waals surface area contributed by atoms with Crippen molar-refractivity contribution < 1.29 is 19.8 Å². The van der Waals surface area contributed by atoms with Crippen molar-refractivity contribution >= 4 is 18.2 Å². The predicted molar refractivity (Wildman–Crippen MR) is 46.8 cm³/mol. The lowest BCUT2D eigenvalue weighted by Crippen LogP contribution is -2.50. The molecule has 0 saturated carbocycles. The molecule has 1 rings (SSSR count). The van der Waals surface area contributed by atoms with Crippen LogP contribution in [0.25, 0.3) is 0 Å². The molecule has 4 N–H and O–H groups in total. The molecule has 0 aromatic heterocycles. The number of urea groups is 1. The van der Waals surface area contributed by atoms with Crippen LogP contribution in [-0.4, -0.2) is 52.1 Å². The molecule has 0 aromatic carbocycles. The summed E-state index contributed by atoms with van der Waals surface area (Å²) < 4.78 is 0. The van der Waals surface area contributed by atoms with Crippen molar-refractivity contribution in [2.24, 2.45) is 10.7 Å². The van der Waals surface area contributed by atoms with E-state index in [1.165, 1.54) is 6.21 Å². The highest BCUT2D eigenvalue weighted by atomic mass is 16.4. The third kappa shape index (κ3) is 2.27. The number of aliphatic hydroxyl groups is 1. The Kier molecular flexibility index (Phi) is 3.15. The highest BCUT2D eigenvalue weighted by Gasteiger charge is 2.27. The van der Waals surface area contributed by atoms with E-state index in [9.17, 15) is 14.7 Å². The molecular formula is C7H11N3O4. The largest absolute Gasteiger partial charge is 0.480 e. The average Bonchev–Trinajstić information content (AvgIpc) is 2.11. The lowest BCUT2D eigenvalue weighted by atomic mass is 10.2. The number of hydrogen-bond acceptors (Lipinski definition) is 4. The number of nitrogens with two attached hydrogens (primary N) is 1. The Morgan fingerprint density at radius 3 is 3.00 bits per heavy atom. The topological polar surface area (TPSA) is 116 Å². The number of aliphatic carboxylic acids is 1. The van der Waals surface area contributed by atoms with Crippen molar-refractivity contribution in [3.05, 3.63) is 0 Å². The summed E-state index contributed by atoms with van der Waals surface area (Å²) in [6, 6.07) is -1.87. The standard InChI is InChI=1S/C7H11N3O4/c8-4(6(12)13)3-10-5(11)1-2-9-7(10)14/h2,4-5,11H,1,3,8H2,(H,12,13)/t4-,5?/m0/s1. The zero-order chi connectivity index (χ0) is 10.7. The van der Waals surface area contributed by atoms with E-state index in [0.29, 0.717) is 0 Å². The number of hydrogen-bond donors (Lipinski definition) is 3. The van der Waals surface area contributed by atoms with Crippen molar-refractivity contribution in [2.45, 2.75) is 18.7 Å². The highest BCUT2D eigenvalue weighted by molar-refractivity contribution is 5.86. The van der Waals surface area contributed by atoms with Crippen molar-refractivity contribution in [2.75, 3.05) is 6.54 Å². The first-order valence-electron chi connectivity index (χ1n) is 4.02. The summed E-state index contributed by atoms with van der Waals surface area (Å²) in [7, 11) is 0. The van der Waals surface area contributed by atoms with Gasteiger partial charge in [-0.1, -0.05) is 0 Å². The maximum atomic E-state index is 11.1. The number of carboxylic acid groups (broad SMARTS) is 1. The van der Waals surface area contributed by atoms with Gasteiger partial charge in [0.05, 0.1) is 6.54 Å². The van der Waals surface area contributed by atoms with E-state index in [0.717, 1.165) is 4.90 Å². The SMILES string of the molecule is N[C@@H](CN1C(=O)N=CCC1O)C(=O)O. The van der Waals surface area contributed by atoms with E-state index in [4.69, 9.17) is 10.8 Å². The van der Waals surface area contributed by atoms with Crippen LogP contribution in [-0.2, 0) is 4.79 Å². The second-order valence-electron chi connectivity index (χ2n) is 2.91. The van der Waals surface area contributed by atoms with Crippen LogP contribution in [0.2, 0.25) is 0 Å². The molecule has 78 valence electrons. The molecule has 2 atom stereocenters. The zero-order valence-corrected chi connectivity index (χ0v) is 7.33. The quantitative estimate of drug-likeness (QED) is 0.520. The average molecular weight is 201 g/mol. The molecule has 0 aromatic rings. The van der Waals surface area contributed by atoms with Crippen molar-refractivity contribution in [1.82, 2.24) is 4.90 Å². The van der Waals surface area contributed by atoms with E-state index < -0.39 is 24.3 Å². The summed E-state index contributed by atoms with van der Waals surface area (Å²) in [4.78, 5) is 25.8. The van der Waals surface area contributed by atoms with Gasteiger partial charge in [-0.3, -0.25) is 9.69 Å². The van der Waals surface area contributed by atoms with Gasteiger partial charge in [0.2, 0.25) is 0 Å². The Labute approximate surface area is 79.8 Å². The predicted octanol–water partition coefficient (Wildman–Crippen LogP) is -1.39. The van der Waals surface area contributed by atoms with Crippen molar-refractivity contribution in [3.8, 4) is 0 Å².